The van der Waals surface area contributed by atoms with Gasteiger partial charge < -0.3 is 10.2 Å². The van der Waals surface area contributed by atoms with Crippen molar-refractivity contribution in [2.75, 3.05) is 39.8 Å². The number of aliphatic imine (C=N–C) groups is 1. The molecule has 0 spiro atoms. The van der Waals surface area contributed by atoms with Crippen LogP contribution in [0.25, 0.3) is 0 Å². The topological polar surface area (TPSA) is 30.9 Å². The molecule has 2 rings (SSSR count). The molecule has 126 valence electrons. The van der Waals surface area contributed by atoms with Crippen LogP contribution < -0.4 is 5.32 Å². The summed E-state index contributed by atoms with van der Waals surface area (Å²) in [7, 11) is 1.76. The molecule has 0 amide bonds. The molecule has 4 nitrogen and oxygen atoms in total. The first-order valence-corrected chi connectivity index (χ1v) is 7.98. The van der Waals surface area contributed by atoms with Gasteiger partial charge in [0, 0.05) is 39.8 Å². The third kappa shape index (κ3) is 5.94. The summed E-state index contributed by atoms with van der Waals surface area (Å²) in [6.07, 6.45) is 5.26. The summed E-state index contributed by atoms with van der Waals surface area (Å²) < 4.78 is 14.1. The van der Waals surface area contributed by atoms with E-state index in [2.05, 4.69) is 42.0 Å². The number of rotatable bonds is 3. The fourth-order valence-corrected chi connectivity index (χ4v) is 2.72. The number of hydrogen-bond acceptors (Lipinski definition) is 2. The molecule has 0 unspecified atom stereocenters. The molecule has 1 heterocycles. The molecule has 1 saturated heterocycles. The Kier molecular flexibility index (Phi) is 8.87. The zero-order valence-electron chi connectivity index (χ0n) is 13.1. The highest BCUT2D eigenvalue weighted by Gasteiger charge is 2.19. The number of benzene rings is 1. The minimum atomic E-state index is -0.213. The molecular formula is C16H21BrFIN4. The quantitative estimate of drug-likeness (QED) is 0.303. The second-order valence-electron chi connectivity index (χ2n) is 5.12. The maximum Gasteiger partial charge on any atom is 0.194 e. The van der Waals surface area contributed by atoms with Crippen LogP contribution in [0.3, 0.4) is 0 Å². The molecule has 1 aromatic carbocycles. The van der Waals surface area contributed by atoms with E-state index in [1.807, 2.05) is 6.07 Å². The van der Waals surface area contributed by atoms with E-state index in [0.717, 1.165) is 44.2 Å². The lowest BCUT2D eigenvalue weighted by molar-refractivity contribution is 0.172. The fourth-order valence-electron chi connectivity index (χ4n) is 2.48. The third-order valence-corrected chi connectivity index (χ3v) is 4.27. The maximum atomic E-state index is 13.6. The van der Waals surface area contributed by atoms with Gasteiger partial charge in [-0.3, -0.25) is 9.89 Å². The van der Waals surface area contributed by atoms with Crippen LogP contribution in [0.2, 0.25) is 0 Å². The second-order valence-corrected chi connectivity index (χ2v) is 5.97. The number of terminal acetylenes is 1. The van der Waals surface area contributed by atoms with E-state index in [9.17, 15) is 4.39 Å². The van der Waals surface area contributed by atoms with Crippen LogP contribution in [-0.2, 0) is 6.54 Å². The van der Waals surface area contributed by atoms with Gasteiger partial charge in [0.05, 0.1) is 11.0 Å². The highest BCUT2D eigenvalue weighted by molar-refractivity contribution is 14.0. The number of nitrogens with one attached hydrogen (secondary N) is 1. The van der Waals surface area contributed by atoms with Crippen LogP contribution in [0, 0.1) is 18.2 Å². The molecule has 0 aliphatic carbocycles. The Morgan fingerprint density at radius 1 is 1.39 bits per heavy atom. The summed E-state index contributed by atoms with van der Waals surface area (Å²) >= 11 is 3.18. The van der Waals surface area contributed by atoms with E-state index in [4.69, 9.17) is 6.42 Å². The van der Waals surface area contributed by atoms with E-state index in [-0.39, 0.29) is 29.8 Å². The fraction of sp³-hybridized carbons (Fsp3) is 0.438. The van der Waals surface area contributed by atoms with Gasteiger partial charge in [-0.2, -0.15) is 0 Å². The number of piperazine rings is 1. The third-order valence-electron chi connectivity index (χ3n) is 3.62. The van der Waals surface area contributed by atoms with E-state index in [0.29, 0.717) is 11.0 Å². The maximum absolute atomic E-state index is 13.6. The van der Waals surface area contributed by atoms with Crippen molar-refractivity contribution in [1.29, 1.82) is 0 Å². The van der Waals surface area contributed by atoms with Crippen molar-refractivity contribution in [3.8, 4) is 12.3 Å². The van der Waals surface area contributed by atoms with Crippen LogP contribution in [-0.4, -0.2) is 55.5 Å². The summed E-state index contributed by atoms with van der Waals surface area (Å²) in [6, 6.07) is 5.29. The Morgan fingerprint density at radius 2 is 2.09 bits per heavy atom. The molecule has 1 fully saturated rings. The van der Waals surface area contributed by atoms with Crippen molar-refractivity contribution >= 4 is 45.9 Å². The predicted octanol–water partition coefficient (Wildman–Crippen LogP) is 2.53. The lowest BCUT2D eigenvalue weighted by Gasteiger charge is -2.36. The zero-order valence-corrected chi connectivity index (χ0v) is 17.0. The van der Waals surface area contributed by atoms with Crippen LogP contribution in [0.15, 0.2) is 27.7 Å². The van der Waals surface area contributed by atoms with Gasteiger partial charge in [0.25, 0.3) is 0 Å². The molecule has 1 aliphatic heterocycles. The standard InChI is InChI=1S/C16H20BrFN4.HI/c1-3-6-20-16(19-2)22-9-7-21(8-10-22)12-13-4-5-14(17)15(18)11-13;/h1,4-5,11H,6-10,12H2,2H3,(H,19,20);1H. The summed E-state index contributed by atoms with van der Waals surface area (Å²) in [4.78, 5) is 8.75. The molecule has 7 heteroatoms. The number of nitrogens with zero attached hydrogens (tertiary/aromatic N) is 3. The minimum absolute atomic E-state index is 0. The Bertz CT molecular complexity index is 580. The van der Waals surface area contributed by atoms with Gasteiger partial charge in [-0.25, -0.2) is 4.39 Å². The van der Waals surface area contributed by atoms with Crippen LogP contribution in [0.5, 0.6) is 0 Å². The first-order valence-electron chi connectivity index (χ1n) is 7.19. The normalized spacial score (nSPS) is 15.7. The van der Waals surface area contributed by atoms with Gasteiger partial charge in [-0.05, 0) is 33.6 Å². The van der Waals surface area contributed by atoms with Gasteiger partial charge in [0.2, 0.25) is 0 Å². The monoisotopic (exact) mass is 494 g/mol. The van der Waals surface area contributed by atoms with Crippen LogP contribution in [0.1, 0.15) is 5.56 Å². The SMILES string of the molecule is C#CCNC(=NC)N1CCN(Cc2ccc(Br)c(F)c2)CC1.I. The van der Waals surface area contributed by atoms with Gasteiger partial charge in [-0.1, -0.05) is 12.0 Å². The summed E-state index contributed by atoms with van der Waals surface area (Å²) in [5, 5.41) is 3.13. The van der Waals surface area contributed by atoms with Crippen molar-refractivity contribution in [2.45, 2.75) is 6.54 Å². The minimum Gasteiger partial charge on any atom is -0.345 e. The average Bonchev–Trinajstić information content (AvgIpc) is 2.53. The second kappa shape index (κ2) is 10.1. The van der Waals surface area contributed by atoms with Crippen molar-refractivity contribution in [2.24, 2.45) is 4.99 Å². The first kappa shape index (κ1) is 20.2. The summed E-state index contributed by atoms with van der Waals surface area (Å²) in [6.45, 7) is 4.81. The van der Waals surface area contributed by atoms with E-state index in [1.165, 1.54) is 0 Å². The Labute approximate surface area is 162 Å². The molecule has 0 bridgehead atoms. The molecule has 0 aromatic heterocycles. The molecule has 23 heavy (non-hydrogen) atoms. The number of halogens is 3. The molecule has 1 aromatic rings. The lowest BCUT2D eigenvalue weighted by Crippen LogP contribution is -2.52. The highest BCUT2D eigenvalue weighted by Crippen LogP contribution is 2.18. The largest absolute Gasteiger partial charge is 0.345 e. The molecule has 1 aliphatic rings. The zero-order chi connectivity index (χ0) is 15.9. The molecule has 0 atom stereocenters. The van der Waals surface area contributed by atoms with E-state index >= 15 is 0 Å². The Morgan fingerprint density at radius 3 is 2.65 bits per heavy atom. The first-order chi connectivity index (χ1) is 10.6. The van der Waals surface area contributed by atoms with Gasteiger partial charge >= 0.3 is 0 Å². The molecule has 0 saturated carbocycles. The van der Waals surface area contributed by atoms with Crippen molar-refractivity contribution < 1.29 is 4.39 Å². The van der Waals surface area contributed by atoms with Gasteiger partial charge in [-0.15, -0.1) is 30.4 Å². The molecule has 0 radical (unpaired) electrons. The summed E-state index contributed by atoms with van der Waals surface area (Å²) in [5.41, 5.74) is 0.990. The smallest absolute Gasteiger partial charge is 0.194 e. The van der Waals surface area contributed by atoms with Crippen LogP contribution >= 0.6 is 39.9 Å². The summed E-state index contributed by atoms with van der Waals surface area (Å²) in [5.74, 6) is 3.18. The van der Waals surface area contributed by atoms with Crippen molar-refractivity contribution in [3.63, 3.8) is 0 Å². The molecule has 1 N–H and O–H groups in total. The lowest BCUT2D eigenvalue weighted by atomic mass is 10.2. The van der Waals surface area contributed by atoms with Crippen molar-refractivity contribution in [1.82, 2.24) is 15.1 Å². The van der Waals surface area contributed by atoms with E-state index < -0.39 is 0 Å². The highest BCUT2D eigenvalue weighted by atomic mass is 127. The van der Waals surface area contributed by atoms with Gasteiger partial charge in [0.1, 0.15) is 5.82 Å². The van der Waals surface area contributed by atoms with Crippen molar-refractivity contribution in [3.05, 3.63) is 34.1 Å². The molecular weight excluding hydrogens is 474 g/mol. The predicted molar refractivity (Wildman–Crippen MR) is 107 cm³/mol. The number of guanidine groups is 1. The van der Waals surface area contributed by atoms with Crippen LogP contribution in [0.4, 0.5) is 4.39 Å². The van der Waals surface area contributed by atoms with E-state index in [1.54, 1.807) is 19.2 Å². The van der Waals surface area contributed by atoms with Gasteiger partial charge in [0.15, 0.2) is 5.96 Å². The Hall–Kier alpha value is -0.850. The average molecular weight is 495 g/mol. The Balaban J connectivity index is 0.00000264. The number of hydrogen-bond donors (Lipinski definition) is 1.